The maximum Gasteiger partial charge on any atom is 0.210 e. The van der Waals surface area contributed by atoms with Crippen LogP contribution in [0.25, 0.3) is 11.5 Å². The summed E-state index contributed by atoms with van der Waals surface area (Å²) in [5, 5.41) is 12.5. The molecule has 138 valence electrons. The average Bonchev–Trinajstić information content (AvgIpc) is 3.41. The zero-order valence-corrected chi connectivity index (χ0v) is 14.7. The molecule has 0 unspecified atom stereocenters. The predicted molar refractivity (Wildman–Crippen MR) is 94.7 cm³/mol. The topological polar surface area (TPSA) is 105 Å². The van der Waals surface area contributed by atoms with E-state index in [9.17, 15) is 4.39 Å². The van der Waals surface area contributed by atoms with Gasteiger partial charge in [0.15, 0.2) is 23.2 Å². The van der Waals surface area contributed by atoms with Crippen molar-refractivity contribution in [1.29, 1.82) is 0 Å². The van der Waals surface area contributed by atoms with E-state index in [-0.39, 0.29) is 12.4 Å². The van der Waals surface area contributed by atoms with E-state index < -0.39 is 5.82 Å². The van der Waals surface area contributed by atoms with E-state index in [0.717, 1.165) is 0 Å². The molecule has 4 rings (SSSR count). The van der Waals surface area contributed by atoms with Crippen molar-refractivity contribution >= 4 is 11.8 Å². The third kappa shape index (κ3) is 3.80. The number of nitrogen functional groups attached to an aromatic ring is 1. The Bertz CT molecular complexity index is 1030. The predicted octanol–water partition coefficient (Wildman–Crippen LogP) is 3.25. The highest BCUT2D eigenvalue weighted by Gasteiger charge is 2.14. The molecule has 1 aromatic carbocycles. The lowest BCUT2D eigenvalue weighted by Gasteiger charge is -2.06. The number of ether oxygens (including phenoxy) is 1. The van der Waals surface area contributed by atoms with Crippen LogP contribution in [0.2, 0.25) is 0 Å². The molecule has 2 N–H and O–H groups in total. The molecule has 0 atom stereocenters. The number of hydrogen-bond acceptors (Lipinski definition) is 8. The SMILES string of the molecule is Nn1c(COc2ccccc2F)nnc1SCc1cc(-c2ccco2)on1. The third-order valence-corrected chi connectivity index (χ3v) is 4.58. The minimum atomic E-state index is -0.450. The molecular weight excluding hydrogens is 373 g/mol. The molecule has 0 spiro atoms. The summed E-state index contributed by atoms with van der Waals surface area (Å²) < 4.78 is 30.8. The van der Waals surface area contributed by atoms with Gasteiger partial charge in [0.1, 0.15) is 6.61 Å². The van der Waals surface area contributed by atoms with Crippen LogP contribution >= 0.6 is 11.8 Å². The van der Waals surface area contributed by atoms with E-state index in [1.165, 1.54) is 28.6 Å². The Hall–Kier alpha value is -3.27. The fourth-order valence-electron chi connectivity index (χ4n) is 2.26. The molecule has 27 heavy (non-hydrogen) atoms. The second-order valence-electron chi connectivity index (χ2n) is 5.44. The van der Waals surface area contributed by atoms with Crippen molar-refractivity contribution in [2.45, 2.75) is 17.5 Å². The highest BCUT2D eigenvalue weighted by Crippen LogP contribution is 2.25. The molecule has 0 saturated heterocycles. The summed E-state index contributed by atoms with van der Waals surface area (Å²) >= 11 is 1.34. The lowest BCUT2D eigenvalue weighted by molar-refractivity contribution is 0.277. The van der Waals surface area contributed by atoms with Gasteiger partial charge in [-0.3, -0.25) is 0 Å². The van der Waals surface area contributed by atoms with Gasteiger partial charge in [0, 0.05) is 11.8 Å². The fourth-order valence-corrected chi connectivity index (χ4v) is 3.02. The molecule has 0 amide bonds. The van der Waals surface area contributed by atoms with Crippen molar-refractivity contribution in [2.75, 3.05) is 5.84 Å². The maximum absolute atomic E-state index is 13.6. The highest BCUT2D eigenvalue weighted by atomic mass is 32.2. The number of para-hydroxylation sites is 1. The van der Waals surface area contributed by atoms with Crippen LogP contribution in [0.15, 0.2) is 62.8 Å². The van der Waals surface area contributed by atoms with Gasteiger partial charge >= 0.3 is 0 Å². The van der Waals surface area contributed by atoms with E-state index in [1.54, 1.807) is 36.6 Å². The Balaban J connectivity index is 1.37. The van der Waals surface area contributed by atoms with Crippen molar-refractivity contribution < 1.29 is 18.1 Å². The molecule has 4 aromatic rings. The Morgan fingerprint density at radius 2 is 2.04 bits per heavy atom. The van der Waals surface area contributed by atoms with Crippen molar-refractivity contribution in [2.24, 2.45) is 0 Å². The van der Waals surface area contributed by atoms with Crippen molar-refractivity contribution in [3.8, 4) is 17.3 Å². The molecule has 0 saturated carbocycles. The van der Waals surface area contributed by atoms with Crippen LogP contribution in [-0.4, -0.2) is 20.0 Å². The molecule has 0 fully saturated rings. The standard InChI is InChI=1S/C17H14FN5O3S/c18-12-4-1-2-5-13(12)25-9-16-20-21-17(23(16)19)27-10-11-8-15(26-22-11)14-6-3-7-24-14/h1-8H,9-10,19H2. The first kappa shape index (κ1) is 17.2. The molecule has 0 aliphatic heterocycles. The first-order valence-electron chi connectivity index (χ1n) is 7.89. The van der Waals surface area contributed by atoms with Gasteiger partial charge in [0.2, 0.25) is 10.9 Å². The molecular formula is C17H14FN5O3S. The molecule has 3 aromatic heterocycles. The zero-order valence-electron chi connectivity index (χ0n) is 13.9. The van der Waals surface area contributed by atoms with Gasteiger partial charge in [-0.25, -0.2) is 9.07 Å². The van der Waals surface area contributed by atoms with Gasteiger partial charge in [0.05, 0.1) is 12.0 Å². The Labute approximate surface area is 157 Å². The maximum atomic E-state index is 13.6. The Kier molecular flexibility index (Phi) is 4.79. The van der Waals surface area contributed by atoms with E-state index in [2.05, 4.69) is 15.4 Å². The summed E-state index contributed by atoms with van der Waals surface area (Å²) in [6.07, 6.45) is 1.56. The summed E-state index contributed by atoms with van der Waals surface area (Å²) in [6.45, 7) is -0.00239. The average molecular weight is 387 g/mol. The summed E-state index contributed by atoms with van der Waals surface area (Å²) in [5.74, 6) is 7.67. The van der Waals surface area contributed by atoms with Gasteiger partial charge in [-0.05, 0) is 24.3 Å². The number of nitrogens with zero attached hydrogens (tertiary/aromatic N) is 4. The number of aromatic nitrogens is 4. The van der Waals surface area contributed by atoms with Crippen LogP contribution in [0, 0.1) is 5.82 Å². The smallest absolute Gasteiger partial charge is 0.210 e. The lowest BCUT2D eigenvalue weighted by Crippen LogP contribution is -2.16. The molecule has 0 aliphatic carbocycles. The van der Waals surface area contributed by atoms with Crippen LogP contribution in [-0.2, 0) is 12.4 Å². The van der Waals surface area contributed by atoms with Gasteiger partial charge < -0.3 is 19.5 Å². The normalized spacial score (nSPS) is 11.0. The fraction of sp³-hybridized carbons (Fsp3) is 0.118. The second kappa shape index (κ2) is 7.54. The van der Waals surface area contributed by atoms with E-state index >= 15 is 0 Å². The molecule has 3 heterocycles. The van der Waals surface area contributed by atoms with Crippen LogP contribution in [0.3, 0.4) is 0 Å². The zero-order chi connectivity index (χ0) is 18.6. The number of furan rings is 1. The van der Waals surface area contributed by atoms with Gasteiger partial charge in [-0.2, -0.15) is 0 Å². The highest BCUT2D eigenvalue weighted by molar-refractivity contribution is 7.98. The van der Waals surface area contributed by atoms with Gasteiger partial charge in [0.25, 0.3) is 0 Å². The monoisotopic (exact) mass is 387 g/mol. The minimum Gasteiger partial charge on any atom is -0.482 e. The van der Waals surface area contributed by atoms with Crippen molar-refractivity contribution in [1.82, 2.24) is 20.0 Å². The third-order valence-electron chi connectivity index (χ3n) is 3.60. The molecule has 0 radical (unpaired) electrons. The summed E-state index contributed by atoms with van der Waals surface area (Å²) in [7, 11) is 0. The first-order chi connectivity index (χ1) is 13.2. The quantitative estimate of drug-likeness (QED) is 0.381. The largest absolute Gasteiger partial charge is 0.482 e. The Morgan fingerprint density at radius 3 is 2.85 bits per heavy atom. The number of benzene rings is 1. The lowest BCUT2D eigenvalue weighted by atomic mass is 10.3. The van der Waals surface area contributed by atoms with Crippen molar-refractivity contribution in [3.63, 3.8) is 0 Å². The Morgan fingerprint density at radius 1 is 1.15 bits per heavy atom. The minimum absolute atomic E-state index is 0.00239. The molecule has 0 aliphatic rings. The summed E-state index contributed by atoms with van der Waals surface area (Å²) in [6, 6.07) is 11.5. The van der Waals surface area contributed by atoms with Crippen LogP contribution in [0.5, 0.6) is 5.75 Å². The molecule has 8 nitrogen and oxygen atoms in total. The van der Waals surface area contributed by atoms with E-state index in [4.69, 9.17) is 19.5 Å². The number of halogens is 1. The number of hydrogen-bond donors (Lipinski definition) is 1. The van der Waals surface area contributed by atoms with E-state index in [1.807, 2.05) is 0 Å². The van der Waals surface area contributed by atoms with Crippen LogP contribution in [0.1, 0.15) is 11.5 Å². The van der Waals surface area contributed by atoms with Gasteiger partial charge in [-0.1, -0.05) is 29.1 Å². The number of nitrogens with two attached hydrogens (primary N) is 1. The van der Waals surface area contributed by atoms with Crippen LogP contribution < -0.4 is 10.6 Å². The van der Waals surface area contributed by atoms with E-state index in [0.29, 0.717) is 33.9 Å². The summed E-state index contributed by atoms with van der Waals surface area (Å²) in [4.78, 5) is 0. The number of rotatable bonds is 7. The first-order valence-corrected chi connectivity index (χ1v) is 8.88. The molecule has 0 bridgehead atoms. The van der Waals surface area contributed by atoms with Crippen LogP contribution in [0.4, 0.5) is 4.39 Å². The van der Waals surface area contributed by atoms with Gasteiger partial charge in [-0.15, -0.1) is 10.2 Å². The summed E-state index contributed by atoms with van der Waals surface area (Å²) in [5.41, 5.74) is 0.707. The second-order valence-corrected chi connectivity index (χ2v) is 6.38. The molecule has 10 heteroatoms. The van der Waals surface area contributed by atoms with Crippen molar-refractivity contribution in [3.05, 3.63) is 66.1 Å². The number of thioether (sulfide) groups is 1.